The van der Waals surface area contributed by atoms with Crippen molar-refractivity contribution in [1.82, 2.24) is 5.32 Å². The fourth-order valence-corrected chi connectivity index (χ4v) is 2.33. The molecule has 1 saturated carbocycles. The third-order valence-electron chi connectivity index (χ3n) is 4.13. The molecule has 108 valence electrons. The molecule has 1 aromatic rings. The van der Waals surface area contributed by atoms with Gasteiger partial charge < -0.3 is 5.32 Å². The first kappa shape index (κ1) is 14.8. The topological polar surface area (TPSA) is 46.2 Å². The lowest BCUT2D eigenvalue weighted by molar-refractivity contribution is -0.121. The molecule has 1 N–H and O–H groups in total. The van der Waals surface area contributed by atoms with Crippen LogP contribution < -0.4 is 5.32 Å². The highest BCUT2D eigenvalue weighted by Crippen LogP contribution is 2.32. The monoisotopic (exact) mass is 273 g/mol. The van der Waals surface area contributed by atoms with Gasteiger partial charge in [0.1, 0.15) is 0 Å². The normalized spacial score (nSPS) is 15.8. The maximum atomic E-state index is 12.1. The van der Waals surface area contributed by atoms with Gasteiger partial charge in [0.25, 0.3) is 0 Å². The smallest absolute Gasteiger partial charge is 0.220 e. The van der Waals surface area contributed by atoms with Crippen molar-refractivity contribution < 1.29 is 9.59 Å². The molecule has 1 aliphatic rings. The molecule has 1 amide bonds. The predicted octanol–water partition coefficient (Wildman–Crippen LogP) is 3.18. The van der Waals surface area contributed by atoms with Gasteiger partial charge in [0.15, 0.2) is 5.78 Å². The van der Waals surface area contributed by atoms with Gasteiger partial charge in [0, 0.05) is 24.4 Å². The summed E-state index contributed by atoms with van der Waals surface area (Å²) in [6.07, 6.45) is 2.99. The standard InChI is InChI=1S/C17H23NO2/c1-11-4-5-15(10-12(11)2)16(19)8-9-17(20)18-13(3)14-6-7-14/h4-5,10,13-14H,6-9H2,1-3H3,(H,18,20)/t13-/m1/s1. The van der Waals surface area contributed by atoms with Crippen molar-refractivity contribution in [3.63, 3.8) is 0 Å². The molecule has 0 radical (unpaired) electrons. The van der Waals surface area contributed by atoms with Crippen molar-refractivity contribution in [1.29, 1.82) is 0 Å². The van der Waals surface area contributed by atoms with Crippen LogP contribution in [0.4, 0.5) is 0 Å². The summed E-state index contributed by atoms with van der Waals surface area (Å²) >= 11 is 0. The van der Waals surface area contributed by atoms with Crippen LogP contribution in [-0.2, 0) is 4.79 Å². The first-order chi connectivity index (χ1) is 9.47. The lowest BCUT2D eigenvalue weighted by Gasteiger charge is -2.12. The lowest BCUT2D eigenvalue weighted by atomic mass is 10.0. The zero-order chi connectivity index (χ0) is 14.7. The van der Waals surface area contributed by atoms with Crippen LogP contribution in [0.2, 0.25) is 0 Å². The number of Topliss-reactive ketones (excluding diaryl/α,β-unsaturated/α-hetero) is 1. The Hall–Kier alpha value is -1.64. The van der Waals surface area contributed by atoms with Crippen molar-refractivity contribution in [2.24, 2.45) is 5.92 Å². The van der Waals surface area contributed by atoms with E-state index in [-0.39, 0.29) is 30.6 Å². The molecule has 1 atom stereocenters. The van der Waals surface area contributed by atoms with E-state index in [4.69, 9.17) is 0 Å². The van der Waals surface area contributed by atoms with Gasteiger partial charge in [-0.3, -0.25) is 9.59 Å². The Morgan fingerprint density at radius 3 is 2.50 bits per heavy atom. The Kier molecular flexibility index (Phi) is 4.58. The van der Waals surface area contributed by atoms with Crippen LogP contribution >= 0.6 is 0 Å². The van der Waals surface area contributed by atoms with E-state index in [1.54, 1.807) is 0 Å². The summed E-state index contributed by atoms with van der Waals surface area (Å²) in [4.78, 5) is 23.8. The summed E-state index contributed by atoms with van der Waals surface area (Å²) in [5.41, 5.74) is 3.00. The van der Waals surface area contributed by atoms with Crippen molar-refractivity contribution in [2.75, 3.05) is 0 Å². The van der Waals surface area contributed by atoms with Gasteiger partial charge >= 0.3 is 0 Å². The maximum Gasteiger partial charge on any atom is 0.220 e. The van der Waals surface area contributed by atoms with Gasteiger partial charge in [-0.25, -0.2) is 0 Å². The lowest BCUT2D eigenvalue weighted by Crippen LogP contribution is -2.34. The average Bonchev–Trinajstić information content (AvgIpc) is 3.23. The van der Waals surface area contributed by atoms with E-state index in [0.29, 0.717) is 11.5 Å². The number of carbonyl (C=O) groups is 2. The third kappa shape index (κ3) is 3.92. The zero-order valence-corrected chi connectivity index (χ0v) is 12.5. The summed E-state index contributed by atoms with van der Waals surface area (Å²) in [5, 5.41) is 2.98. The van der Waals surface area contributed by atoms with E-state index in [2.05, 4.69) is 5.32 Å². The fourth-order valence-electron chi connectivity index (χ4n) is 2.33. The molecule has 20 heavy (non-hydrogen) atoms. The third-order valence-corrected chi connectivity index (χ3v) is 4.13. The van der Waals surface area contributed by atoms with Gasteiger partial charge in [-0.05, 0) is 56.7 Å². The second kappa shape index (κ2) is 6.21. The molecule has 0 saturated heterocycles. The number of nitrogens with one attached hydrogen (secondary N) is 1. The van der Waals surface area contributed by atoms with E-state index >= 15 is 0 Å². The Morgan fingerprint density at radius 2 is 1.90 bits per heavy atom. The highest BCUT2D eigenvalue weighted by Gasteiger charge is 2.28. The average molecular weight is 273 g/mol. The molecule has 3 heteroatoms. The Morgan fingerprint density at radius 1 is 1.20 bits per heavy atom. The number of amides is 1. The quantitative estimate of drug-likeness (QED) is 0.809. The summed E-state index contributed by atoms with van der Waals surface area (Å²) in [7, 11) is 0. The van der Waals surface area contributed by atoms with Crippen molar-refractivity contribution in [3.8, 4) is 0 Å². The van der Waals surface area contributed by atoms with Crippen LogP contribution in [0.25, 0.3) is 0 Å². The first-order valence-electron chi connectivity index (χ1n) is 7.37. The largest absolute Gasteiger partial charge is 0.353 e. The Bertz CT molecular complexity index is 518. The van der Waals surface area contributed by atoms with E-state index in [1.165, 1.54) is 18.4 Å². The number of rotatable bonds is 6. The molecule has 0 bridgehead atoms. The number of benzene rings is 1. The molecule has 1 aliphatic carbocycles. The number of aryl methyl sites for hydroxylation is 2. The van der Waals surface area contributed by atoms with Gasteiger partial charge in [-0.15, -0.1) is 0 Å². The summed E-state index contributed by atoms with van der Waals surface area (Å²) in [6.45, 7) is 6.06. The maximum absolute atomic E-state index is 12.1. The fraction of sp³-hybridized carbons (Fsp3) is 0.529. The molecule has 0 aliphatic heterocycles. The van der Waals surface area contributed by atoms with Gasteiger partial charge in [0.05, 0.1) is 0 Å². The minimum atomic E-state index is -0.0124. The SMILES string of the molecule is Cc1ccc(C(=O)CCC(=O)N[C@H](C)C2CC2)cc1C. The summed E-state index contributed by atoms with van der Waals surface area (Å²) in [5.74, 6) is 0.679. The van der Waals surface area contributed by atoms with Crippen molar-refractivity contribution >= 4 is 11.7 Å². The van der Waals surface area contributed by atoms with Crippen LogP contribution in [0.3, 0.4) is 0 Å². The molecule has 0 heterocycles. The van der Waals surface area contributed by atoms with Crippen molar-refractivity contribution in [3.05, 3.63) is 34.9 Å². The van der Waals surface area contributed by atoms with Gasteiger partial charge in [-0.2, -0.15) is 0 Å². The first-order valence-corrected chi connectivity index (χ1v) is 7.37. The molecular weight excluding hydrogens is 250 g/mol. The molecule has 0 spiro atoms. The number of hydrogen-bond donors (Lipinski definition) is 1. The predicted molar refractivity (Wildman–Crippen MR) is 79.8 cm³/mol. The number of hydrogen-bond acceptors (Lipinski definition) is 2. The Labute approximate surface area is 120 Å². The molecular formula is C17H23NO2. The van der Waals surface area contributed by atoms with Crippen molar-refractivity contribution in [2.45, 2.75) is 52.5 Å². The molecule has 0 unspecified atom stereocenters. The molecule has 3 nitrogen and oxygen atoms in total. The van der Waals surface area contributed by atoms with Crippen LogP contribution in [0.15, 0.2) is 18.2 Å². The van der Waals surface area contributed by atoms with E-state index < -0.39 is 0 Å². The number of ketones is 1. The minimum absolute atomic E-state index is 0.0124. The second-order valence-electron chi connectivity index (χ2n) is 5.92. The zero-order valence-electron chi connectivity index (χ0n) is 12.5. The number of carbonyl (C=O) groups excluding carboxylic acids is 2. The second-order valence-corrected chi connectivity index (χ2v) is 5.92. The van der Waals surface area contributed by atoms with E-state index in [9.17, 15) is 9.59 Å². The molecule has 1 fully saturated rings. The highest BCUT2D eigenvalue weighted by atomic mass is 16.2. The van der Waals surface area contributed by atoms with Crippen LogP contribution in [0.1, 0.15) is 54.1 Å². The van der Waals surface area contributed by atoms with Crippen LogP contribution in [0, 0.1) is 19.8 Å². The highest BCUT2D eigenvalue weighted by molar-refractivity contribution is 5.98. The molecule has 0 aromatic heterocycles. The summed E-state index contributed by atoms with van der Waals surface area (Å²) < 4.78 is 0. The molecule has 1 aromatic carbocycles. The minimum Gasteiger partial charge on any atom is -0.353 e. The molecule has 2 rings (SSSR count). The Balaban J connectivity index is 1.81. The summed E-state index contributed by atoms with van der Waals surface area (Å²) in [6, 6.07) is 5.95. The van der Waals surface area contributed by atoms with E-state index in [0.717, 1.165) is 5.56 Å². The van der Waals surface area contributed by atoms with E-state index in [1.807, 2.05) is 39.0 Å². The van der Waals surface area contributed by atoms with Gasteiger partial charge in [-0.1, -0.05) is 12.1 Å². The van der Waals surface area contributed by atoms with Crippen LogP contribution in [-0.4, -0.2) is 17.7 Å². The van der Waals surface area contributed by atoms with Crippen LogP contribution in [0.5, 0.6) is 0 Å². The van der Waals surface area contributed by atoms with Gasteiger partial charge in [0.2, 0.25) is 5.91 Å².